The Morgan fingerprint density at radius 3 is 2.68 bits per heavy atom. The van der Waals surface area contributed by atoms with Crippen LogP contribution in [0.2, 0.25) is 0 Å². The summed E-state index contributed by atoms with van der Waals surface area (Å²) in [6.07, 6.45) is 1.63. The first-order chi connectivity index (χ1) is 15.0. The molecule has 0 atom stereocenters. The smallest absolute Gasteiger partial charge is 0.269 e. The number of ether oxygens (including phenoxy) is 1. The lowest BCUT2D eigenvalue weighted by molar-refractivity contribution is -0.384. The summed E-state index contributed by atoms with van der Waals surface area (Å²) < 4.78 is 11.4. The van der Waals surface area contributed by atoms with E-state index >= 15 is 0 Å². The number of non-ortho nitro benzene ring substituents is 1. The first kappa shape index (κ1) is 20.4. The van der Waals surface area contributed by atoms with Crippen molar-refractivity contribution in [2.45, 2.75) is 6.92 Å². The highest BCUT2D eigenvalue weighted by molar-refractivity contribution is 8.18. The molecular formula is C22H17N3O5S. The molecule has 0 saturated carbocycles. The van der Waals surface area contributed by atoms with E-state index in [2.05, 4.69) is 10.3 Å². The molecule has 0 bridgehead atoms. The van der Waals surface area contributed by atoms with Gasteiger partial charge in [0.1, 0.15) is 23.0 Å². The van der Waals surface area contributed by atoms with Crippen molar-refractivity contribution in [3.8, 4) is 17.1 Å². The molecule has 9 heteroatoms. The van der Waals surface area contributed by atoms with Crippen LogP contribution in [0, 0.1) is 10.1 Å². The standard InChI is InChI=1S/C22H17N3O5S/c1-2-29-19-6-4-3-5-17(19)23-22-24-21(26)20(31-22)13-16-11-12-18(30-16)14-7-9-15(10-8-14)25(27)28/h3-13H,2H2,1H3,(H,23,24,26). The highest BCUT2D eigenvalue weighted by Crippen LogP contribution is 2.33. The summed E-state index contributed by atoms with van der Waals surface area (Å²) in [5.41, 5.74) is 1.34. The molecule has 1 amide bonds. The Hall–Kier alpha value is -3.85. The van der Waals surface area contributed by atoms with Crippen molar-refractivity contribution in [1.82, 2.24) is 5.32 Å². The summed E-state index contributed by atoms with van der Waals surface area (Å²) in [6.45, 7) is 2.41. The number of amides is 1. The van der Waals surface area contributed by atoms with E-state index in [1.165, 1.54) is 23.9 Å². The van der Waals surface area contributed by atoms with Gasteiger partial charge < -0.3 is 14.5 Å². The molecule has 2 heterocycles. The predicted molar refractivity (Wildman–Crippen MR) is 119 cm³/mol. The van der Waals surface area contributed by atoms with Crippen molar-refractivity contribution in [3.05, 3.63) is 81.4 Å². The quantitative estimate of drug-likeness (QED) is 0.326. The zero-order chi connectivity index (χ0) is 21.8. The van der Waals surface area contributed by atoms with Crippen molar-refractivity contribution in [2.75, 3.05) is 6.61 Å². The zero-order valence-electron chi connectivity index (χ0n) is 16.4. The summed E-state index contributed by atoms with van der Waals surface area (Å²) in [5.74, 6) is 1.40. The van der Waals surface area contributed by atoms with Crippen LogP contribution in [-0.2, 0) is 4.79 Å². The number of nitrogens with one attached hydrogen (secondary N) is 1. The molecule has 1 aliphatic rings. The second-order valence-corrected chi connectivity index (χ2v) is 7.42. The Bertz CT molecular complexity index is 1200. The molecule has 1 aromatic heterocycles. The molecule has 1 aliphatic heterocycles. The molecule has 0 radical (unpaired) electrons. The molecule has 3 aromatic rings. The van der Waals surface area contributed by atoms with Crippen molar-refractivity contribution >= 4 is 40.3 Å². The van der Waals surface area contributed by atoms with E-state index in [9.17, 15) is 14.9 Å². The fourth-order valence-corrected chi connectivity index (χ4v) is 3.69. The highest BCUT2D eigenvalue weighted by atomic mass is 32.2. The zero-order valence-corrected chi connectivity index (χ0v) is 17.2. The van der Waals surface area contributed by atoms with Crippen LogP contribution in [0.25, 0.3) is 17.4 Å². The van der Waals surface area contributed by atoms with Gasteiger partial charge in [0, 0.05) is 23.8 Å². The maximum Gasteiger partial charge on any atom is 0.269 e. The summed E-state index contributed by atoms with van der Waals surface area (Å²) >= 11 is 1.21. The fraction of sp³-hybridized carbons (Fsp3) is 0.0909. The van der Waals surface area contributed by atoms with Gasteiger partial charge in [-0.15, -0.1) is 0 Å². The third-order valence-electron chi connectivity index (χ3n) is 4.30. The minimum absolute atomic E-state index is 0.00870. The van der Waals surface area contributed by atoms with Crippen LogP contribution in [0.4, 0.5) is 11.4 Å². The number of amidine groups is 1. The van der Waals surface area contributed by atoms with E-state index in [1.807, 2.05) is 31.2 Å². The molecule has 2 aromatic carbocycles. The topological polar surface area (TPSA) is 107 Å². The summed E-state index contributed by atoms with van der Waals surface area (Å²) in [5, 5.41) is 14.0. The predicted octanol–water partition coefficient (Wildman–Crippen LogP) is 5.15. The Balaban J connectivity index is 1.53. The molecular weight excluding hydrogens is 418 g/mol. The molecule has 31 heavy (non-hydrogen) atoms. The van der Waals surface area contributed by atoms with E-state index in [4.69, 9.17) is 9.15 Å². The van der Waals surface area contributed by atoms with Crippen molar-refractivity contribution in [3.63, 3.8) is 0 Å². The number of carbonyl (C=O) groups is 1. The summed E-state index contributed by atoms with van der Waals surface area (Å²) in [4.78, 5) is 27.6. The Kier molecular flexibility index (Phi) is 5.85. The number of aliphatic imine (C=N–C) groups is 1. The number of rotatable bonds is 6. The number of hydrogen-bond donors (Lipinski definition) is 1. The van der Waals surface area contributed by atoms with Gasteiger partial charge in [-0.05, 0) is 55.1 Å². The Labute approximate surface area is 181 Å². The van der Waals surface area contributed by atoms with Gasteiger partial charge in [-0.1, -0.05) is 12.1 Å². The summed E-state index contributed by atoms with van der Waals surface area (Å²) in [7, 11) is 0. The van der Waals surface area contributed by atoms with Gasteiger partial charge in [-0.25, -0.2) is 4.99 Å². The lowest BCUT2D eigenvalue weighted by Crippen LogP contribution is -2.19. The van der Waals surface area contributed by atoms with E-state index in [-0.39, 0.29) is 11.6 Å². The fourth-order valence-electron chi connectivity index (χ4n) is 2.88. The first-order valence-corrected chi connectivity index (χ1v) is 10.2. The molecule has 0 unspecified atom stereocenters. The molecule has 1 N–H and O–H groups in total. The van der Waals surface area contributed by atoms with Gasteiger partial charge in [-0.3, -0.25) is 14.9 Å². The van der Waals surface area contributed by atoms with Gasteiger partial charge in [0.25, 0.3) is 11.6 Å². The number of nitro benzene ring substituents is 1. The van der Waals surface area contributed by atoms with Crippen LogP contribution in [-0.4, -0.2) is 22.6 Å². The van der Waals surface area contributed by atoms with Gasteiger partial charge >= 0.3 is 0 Å². The summed E-state index contributed by atoms with van der Waals surface area (Å²) in [6, 6.07) is 16.9. The van der Waals surface area contributed by atoms with Crippen LogP contribution in [0.1, 0.15) is 12.7 Å². The van der Waals surface area contributed by atoms with Gasteiger partial charge in [0.2, 0.25) is 0 Å². The molecule has 0 spiro atoms. The lowest BCUT2D eigenvalue weighted by Gasteiger charge is -2.06. The maximum atomic E-state index is 12.4. The number of furan rings is 1. The molecule has 4 rings (SSSR count). The number of hydrogen-bond acceptors (Lipinski definition) is 7. The second kappa shape index (κ2) is 8.88. The van der Waals surface area contributed by atoms with Crippen LogP contribution in [0.3, 0.4) is 0 Å². The normalized spacial score (nSPS) is 16.0. The molecule has 156 valence electrons. The average molecular weight is 435 g/mol. The number of thioether (sulfide) groups is 1. The van der Waals surface area contributed by atoms with Crippen molar-refractivity contribution in [1.29, 1.82) is 0 Å². The van der Waals surface area contributed by atoms with Crippen LogP contribution in [0.5, 0.6) is 5.75 Å². The Morgan fingerprint density at radius 2 is 1.94 bits per heavy atom. The maximum absolute atomic E-state index is 12.4. The molecule has 0 aliphatic carbocycles. The van der Waals surface area contributed by atoms with Gasteiger partial charge in [0.05, 0.1) is 16.4 Å². The highest BCUT2D eigenvalue weighted by Gasteiger charge is 2.24. The van der Waals surface area contributed by atoms with E-state index < -0.39 is 4.92 Å². The number of nitro groups is 1. The number of benzene rings is 2. The minimum atomic E-state index is -0.455. The number of carbonyl (C=O) groups excluding carboxylic acids is 1. The van der Waals surface area contributed by atoms with Crippen molar-refractivity contribution < 1.29 is 18.9 Å². The van der Waals surface area contributed by atoms with Crippen LogP contribution in [0.15, 0.2) is 75.0 Å². The minimum Gasteiger partial charge on any atom is -0.492 e. The van der Waals surface area contributed by atoms with E-state index in [0.29, 0.717) is 45.2 Å². The van der Waals surface area contributed by atoms with Crippen LogP contribution >= 0.6 is 11.8 Å². The van der Waals surface area contributed by atoms with Gasteiger partial charge in [0.15, 0.2) is 5.17 Å². The Morgan fingerprint density at radius 1 is 1.16 bits per heavy atom. The average Bonchev–Trinajstić information content (AvgIpc) is 3.36. The molecule has 1 saturated heterocycles. The molecule has 8 nitrogen and oxygen atoms in total. The van der Waals surface area contributed by atoms with Crippen molar-refractivity contribution in [2.24, 2.45) is 4.99 Å². The van der Waals surface area contributed by atoms with E-state index in [1.54, 1.807) is 30.3 Å². The third kappa shape index (κ3) is 4.67. The second-order valence-electron chi connectivity index (χ2n) is 6.39. The molecule has 1 fully saturated rings. The van der Waals surface area contributed by atoms with E-state index in [0.717, 1.165) is 0 Å². The monoisotopic (exact) mass is 435 g/mol. The SMILES string of the molecule is CCOc1ccccc1N=C1NC(=O)C(=Cc2ccc(-c3ccc([N+](=O)[O-])cc3)o2)S1. The van der Waals surface area contributed by atoms with Crippen LogP contribution < -0.4 is 10.1 Å². The first-order valence-electron chi connectivity index (χ1n) is 9.39. The lowest BCUT2D eigenvalue weighted by atomic mass is 10.1. The largest absolute Gasteiger partial charge is 0.492 e. The number of nitrogens with zero attached hydrogens (tertiary/aromatic N) is 2. The third-order valence-corrected chi connectivity index (χ3v) is 5.21. The van der Waals surface area contributed by atoms with Gasteiger partial charge in [-0.2, -0.15) is 0 Å². The number of para-hydroxylation sites is 2.